The van der Waals surface area contributed by atoms with Gasteiger partial charge in [0.2, 0.25) is 17.5 Å². The fraction of sp³-hybridized carbons (Fsp3) is 0.0857. The smallest absolute Gasteiger partial charge is 0.657 e. The summed E-state index contributed by atoms with van der Waals surface area (Å²) in [7, 11) is 0. The van der Waals surface area contributed by atoms with Gasteiger partial charge in [0.05, 0.1) is 45.0 Å². The van der Waals surface area contributed by atoms with Crippen LogP contribution in [0.4, 0.5) is 65.9 Å². The summed E-state index contributed by atoms with van der Waals surface area (Å²) < 4.78 is 244. The van der Waals surface area contributed by atoms with Gasteiger partial charge >= 0.3 is 19.5 Å². The van der Waals surface area contributed by atoms with Gasteiger partial charge in [0.1, 0.15) is 37.1 Å². The van der Waals surface area contributed by atoms with E-state index >= 15 is 26.3 Å². The fourth-order valence-electron chi connectivity index (χ4n) is 11.0. The molecule has 0 aliphatic carbocycles. The molecule has 0 atom stereocenters. The van der Waals surface area contributed by atoms with Gasteiger partial charge in [-0.25, -0.2) is 75.8 Å². The van der Waals surface area contributed by atoms with Crippen molar-refractivity contribution < 1.29 is 99.5 Å². The number of aromatic nitrogens is 4. The molecule has 8 bridgehead atoms. The predicted octanol–water partition coefficient (Wildman–Crippen LogP) is 18.9. The van der Waals surface area contributed by atoms with E-state index in [0.29, 0.717) is 55.8 Å². The van der Waals surface area contributed by atoms with Gasteiger partial charge in [0.25, 0.3) is 0 Å². The maximum Gasteiger partial charge on any atom is 2.00 e. The fourth-order valence-corrected chi connectivity index (χ4v) is 11.4. The Morgan fingerprint density at radius 1 is 0.383 bits per heavy atom. The number of benzene rings is 7. The molecule has 7 aromatic carbocycles. The van der Waals surface area contributed by atoms with Crippen molar-refractivity contribution in [1.82, 2.24) is 19.9 Å². The average Bonchev–Trinajstić information content (AvgIpc) is 1.45. The molecule has 3 aromatic heterocycles. The second-order valence-electron chi connectivity index (χ2n) is 21.2. The maximum atomic E-state index is 15.7. The summed E-state index contributed by atoms with van der Waals surface area (Å²) >= 11 is 2.11. The Balaban J connectivity index is 0.00000901. The molecule has 2 aliphatic rings. The zero-order chi connectivity index (χ0) is 66.2. The number of aryl methyl sites for hydroxylation is 3. The van der Waals surface area contributed by atoms with Crippen LogP contribution in [0.3, 0.4) is 0 Å². The number of nitrogens with zero attached hydrogens (tertiary/aromatic N) is 4. The van der Waals surface area contributed by atoms with Crippen LogP contribution in [0.25, 0.3) is 90.9 Å². The molecule has 0 fully saturated rings. The minimum Gasteiger partial charge on any atom is -0.657 e. The van der Waals surface area contributed by atoms with Crippen molar-refractivity contribution in [1.29, 1.82) is 0 Å². The van der Waals surface area contributed by atoms with Gasteiger partial charge in [-0.15, -0.1) is 28.5 Å². The van der Waals surface area contributed by atoms with E-state index in [4.69, 9.17) is 40.6 Å². The number of terminal acetylenes is 1. The standard InChI is InChI=1S/C70H36F15IN4O3.Zn/c1-5-32-6-8-33(9-7-32)51-40-14-18-44(87-40)53(50-30(3)22-29(2)23-31(50)4)45-19-15-42(88-45)52(34-10-12-35(86)13-11-34)43-17-21-47(90-43)54(46-20-16-41(51)89-46)55-48(92-27-38-58(73)64(79)69(84)65(80)59(38)74)24-36(91-26-37-56(71)62(77)68(83)63(78)57(37)72)25-49(55)93-28-39-60(75)66(81)70(85)67(82)61(39)76;/h1,6-25H,26-28H2,2-4H3;/q-2;+2. The first kappa shape index (κ1) is 65.9. The second-order valence-corrected chi connectivity index (χ2v) is 22.4. The van der Waals surface area contributed by atoms with Crippen molar-refractivity contribution in [3.05, 3.63) is 250 Å². The molecular formula is C70H36F15IN4O3Zn. The van der Waals surface area contributed by atoms with Crippen LogP contribution in [0.15, 0.2) is 97.1 Å². The molecule has 0 N–H and O–H groups in total. The van der Waals surface area contributed by atoms with E-state index in [2.05, 4.69) is 28.5 Å². The summed E-state index contributed by atoms with van der Waals surface area (Å²) in [5, 5.41) is 0. The normalized spacial score (nSPS) is 11.7. The number of fused-ring (bicyclic) bond motifs is 8. The van der Waals surface area contributed by atoms with Gasteiger partial charge in [-0.1, -0.05) is 72.1 Å². The van der Waals surface area contributed by atoms with Crippen LogP contribution >= 0.6 is 22.6 Å². The molecule has 12 rings (SSSR count). The molecular weight excluding hydrogens is 1420 g/mol. The molecule has 0 radical (unpaired) electrons. The molecule has 2 aliphatic heterocycles. The van der Waals surface area contributed by atoms with E-state index in [1.165, 1.54) is 24.3 Å². The van der Waals surface area contributed by atoms with E-state index in [1.807, 2.05) is 32.9 Å². The summed E-state index contributed by atoms with van der Waals surface area (Å²) in [6.07, 6.45) is 12.2. The van der Waals surface area contributed by atoms with E-state index in [9.17, 15) is 39.5 Å². The quantitative estimate of drug-likeness (QED) is 0.0284. The van der Waals surface area contributed by atoms with Crippen LogP contribution < -0.4 is 24.2 Å². The van der Waals surface area contributed by atoms with Crippen molar-refractivity contribution in [2.75, 3.05) is 0 Å². The molecule has 0 unspecified atom stereocenters. The molecule has 24 heteroatoms. The monoisotopic (exact) mass is 1460 g/mol. The van der Waals surface area contributed by atoms with Crippen molar-refractivity contribution in [2.24, 2.45) is 0 Å². The molecule has 10 aromatic rings. The SMILES string of the molecule is C#Cc1ccc(-c2c3nc(c(-c4c(C)cc(C)cc4C)c4ccc([n-]4)c(-c4ccc(I)cc4)c4nc(c(-c5c(OCc6c(F)c(F)c(F)c(F)c6F)cc(OCc6c(F)c(F)c(F)c(F)c6F)cc5OCc5c(F)c(F)c(F)c(F)c5F)c5ccc2[n-]5)C=C4)C=C3)cc1.[Zn+2]. The number of rotatable bonds is 13. The predicted molar refractivity (Wildman–Crippen MR) is 325 cm³/mol. The molecule has 0 saturated carbocycles. The van der Waals surface area contributed by atoms with Crippen LogP contribution in [-0.2, 0) is 39.3 Å². The topological polar surface area (TPSA) is 81.7 Å². The van der Waals surface area contributed by atoms with Gasteiger partial charge in [-0.3, -0.25) is 0 Å². The third kappa shape index (κ3) is 11.8. The Labute approximate surface area is 549 Å². The summed E-state index contributed by atoms with van der Waals surface area (Å²) in [6, 6.07) is 25.8. The van der Waals surface area contributed by atoms with Gasteiger partial charge in [0.15, 0.2) is 69.8 Å². The van der Waals surface area contributed by atoms with Gasteiger partial charge in [0, 0.05) is 26.8 Å². The first-order valence-corrected chi connectivity index (χ1v) is 28.6. The van der Waals surface area contributed by atoms with Crippen molar-refractivity contribution in [3.8, 4) is 74.1 Å². The van der Waals surface area contributed by atoms with Gasteiger partial charge < -0.3 is 24.2 Å². The molecule has 7 nitrogen and oxygen atoms in total. The van der Waals surface area contributed by atoms with Crippen LogP contribution in [0.2, 0.25) is 0 Å². The average molecular weight is 1460 g/mol. The summed E-state index contributed by atoms with van der Waals surface area (Å²) in [5.74, 6) is -36.7. The zero-order valence-corrected chi connectivity index (χ0v) is 53.6. The van der Waals surface area contributed by atoms with Gasteiger partial charge in [-0.2, -0.15) is 0 Å². The van der Waals surface area contributed by atoms with E-state index in [-0.39, 0.29) is 47.5 Å². The van der Waals surface area contributed by atoms with Crippen LogP contribution in [0, 0.1) is 124 Å². The minimum atomic E-state index is -2.57. The number of hydrogen-bond donors (Lipinski definition) is 0. The Bertz CT molecular complexity index is 4920. The van der Waals surface area contributed by atoms with Gasteiger partial charge in [-0.05, 0) is 136 Å². The molecule has 468 valence electrons. The van der Waals surface area contributed by atoms with E-state index in [1.54, 1.807) is 72.8 Å². The first-order chi connectivity index (χ1) is 44.4. The van der Waals surface area contributed by atoms with Crippen LogP contribution in [-0.4, -0.2) is 9.97 Å². The van der Waals surface area contributed by atoms with Crippen molar-refractivity contribution in [3.63, 3.8) is 0 Å². The van der Waals surface area contributed by atoms with Crippen LogP contribution in [0.1, 0.15) is 61.7 Å². The Kier molecular flexibility index (Phi) is 18.3. The van der Waals surface area contributed by atoms with E-state index in [0.717, 1.165) is 38.0 Å². The number of ether oxygens (including phenoxy) is 3. The second kappa shape index (κ2) is 26.1. The Hall–Kier alpha value is -9.60. The molecule has 94 heavy (non-hydrogen) atoms. The summed E-state index contributed by atoms with van der Waals surface area (Å²) in [6.45, 7) is 1.04. The first-order valence-electron chi connectivity index (χ1n) is 27.5. The summed E-state index contributed by atoms with van der Waals surface area (Å²) in [5.41, 5.74) is 2.21. The molecule has 0 saturated heterocycles. The van der Waals surface area contributed by atoms with E-state index < -0.39 is 147 Å². The third-order valence-electron chi connectivity index (χ3n) is 15.3. The molecule has 0 spiro atoms. The van der Waals surface area contributed by atoms with Crippen molar-refractivity contribution >= 4 is 69.0 Å². The zero-order valence-electron chi connectivity index (χ0n) is 48.5. The Morgan fingerprint density at radius 2 is 0.691 bits per heavy atom. The maximum absolute atomic E-state index is 15.7. The number of hydrogen-bond acceptors (Lipinski definition) is 5. The molecule has 0 amide bonds. The summed E-state index contributed by atoms with van der Waals surface area (Å²) in [4.78, 5) is 20.7. The minimum absolute atomic E-state index is 0. The Morgan fingerprint density at radius 3 is 1.05 bits per heavy atom. The molecule has 5 heterocycles. The number of halogens is 16. The van der Waals surface area contributed by atoms with Crippen molar-refractivity contribution in [2.45, 2.75) is 40.6 Å². The largest absolute Gasteiger partial charge is 2.00 e. The van der Waals surface area contributed by atoms with Crippen LogP contribution in [0.5, 0.6) is 17.2 Å². The third-order valence-corrected chi connectivity index (χ3v) is 16.0.